The zero-order chi connectivity index (χ0) is 36.8. The Balaban J connectivity index is 1.56. The SMILES string of the molecule is CCOC(=O)c1nnn([C@H]2CC(=NOC3CCCCO3)C3=C[C@H](CCCCO)[C@@H](CCCCO)[C@@H]4c5cc(O)ccc5O[C@@]2(O)[C@H]34)c1C(=O)OCC. The van der Waals surface area contributed by atoms with E-state index in [4.69, 9.17) is 23.8 Å². The molecule has 1 unspecified atom stereocenters. The molecule has 1 saturated carbocycles. The summed E-state index contributed by atoms with van der Waals surface area (Å²) in [7, 11) is 0. The Hall–Kier alpha value is -4.05. The van der Waals surface area contributed by atoms with Crippen LogP contribution < -0.4 is 4.74 Å². The topological polar surface area (TPSA) is 204 Å². The van der Waals surface area contributed by atoms with Gasteiger partial charge in [0.25, 0.3) is 0 Å². The van der Waals surface area contributed by atoms with Crippen molar-refractivity contribution < 1.29 is 53.8 Å². The minimum atomic E-state index is -2.08. The highest BCUT2D eigenvalue weighted by atomic mass is 16.8. The molecule has 284 valence electrons. The van der Waals surface area contributed by atoms with Gasteiger partial charge in [-0.3, -0.25) is 0 Å². The van der Waals surface area contributed by atoms with Crippen molar-refractivity contribution in [2.45, 2.75) is 102 Å². The van der Waals surface area contributed by atoms with Gasteiger partial charge in [-0.25, -0.2) is 14.3 Å². The minimum absolute atomic E-state index is 0.00128. The largest absolute Gasteiger partial charge is 0.508 e. The maximum absolute atomic E-state index is 13.6. The van der Waals surface area contributed by atoms with E-state index in [1.165, 1.54) is 10.7 Å². The van der Waals surface area contributed by atoms with Crippen molar-refractivity contribution in [1.29, 1.82) is 0 Å². The number of hydrogen-bond donors (Lipinski definition) is 4. The molecule has 1 aromatic heterocycles. The number of phenols is 1. The molecule has 2 aliphatic heterocycles. The first-order valence-electron chi connectivity index (χ1n) is 18.6. The molecule has 2 fully saturated rings. The number of aromatic hydroxyl groups is 1. The van der Waals surface area contributed by atoms with Gasteiger partial charge in [0.1, 0.15) is 17.5 Å². The standard InChI is InChI=1S/C37H50N4O11/c1-3-48-35(45)33-34(36(46)49-4-2)41(40-38-33)29-21-27(39-52-30-13-7-10-18-50-30)25-19-22(11-5-8-16-42)24(12-6-9-17-43)31-26-20-23(44)14-15-28(26)51-37(29,47)32(25)31/h14-15,19-20,22,24,29-32,42-44,47H,3-13,16-18,21H2,1-2H3/t22-,24+,29-,30?,31+,32+,37+/m0/s1. The molecule has 7 atom stereocenters. The Labute approximate surface area is 302 Å². The second-order valence-corrected chi connectivity index (χ2v) is 13.8. The van der Waals surface area contributed by atoms with Crippen LogP contribution in [0.2, 0.25) is 0 Å². The molecule has 15 nitrogen and oxygen atoms in total. The highest BCUT2D eigenvalue weighted by Crippen LogP contribution is 2.62. The summed E-state index contributed by atoms with van der Waals surface area (Å²) in [5.74, 6) is -4.80. The predicted octanol–water partition coefficient (Wildman–Crippen LogP) is 4.16. The number of aliphatic hydroxyl groups excluding tert-OH is 2. The Morgan fingerprint density at radius 2 is 1.79 bits per heavy atom. The third-order valence-corrected chi connectivity index (χ3v) is 10.6. The summed E-state index contributed by atoms with van der Waals surface area (Å²) in [6.45, 7) is 3.93. The van der Waals surface area contributed by atoms with E-state index in [1.54, 1.807) is 26.0 Å². The van der Waals surface area contributed by atoms with E-state index in [-0.39, 0.29) is 61.8 Å². The molecule has 1 aromatic carbocycles. The quantitative estimate of drug-likeness (QED) is 0.116. The number of oxime groups is 1. The van der Waals surface area contributed by atoms with E-state index in [1.807, 2.05) is 0 Å². The number of carbonyl (C=O) groups is 2. The normalized spacial score (nSPS) is 28.6. The van der Waals surface area contributed by atoms with E-state index >= 15 is 0 Å². The monoisotopic (exact) mass is 726 g/mol. The molecule has 4 aliphatic rings. The predicted molar refractivity (Wildman–Crippen MR) is 185 cm³/mol. The summed E-state index contributed by atoms with van der Waals surface area (Å²) >= 11 is 0. The smallest absolute Gasteiger partial charge is 0.361 e. The first-order valence-corrected chi connectivity index (χ1v) is 18.6. The van der Waals surface area contributed by atoms with Gasteiger partial charge in [0.2, 0.25) is 17.8 Å². The molecule has 3 heterocycles. The van der Waals surface area contributed by atoms with Crippen LogP contribution in [-0.4, -0.2) is 98.2 Å². The molecule has 4 N–H and O–H groups in total. The number of unbranched alkanes of at least 4 members (excludes halogenated alkanes) is 2. The van der Waals surface area contributed by atoms with Gasteiger partial charge in [0.15, 0.2) is 5.69 Å². The van der Waals surface area contributed by atoms with Gasteiger partial charge in [-0.1, -0.05) is 29.3 Å². The second kappa shape index (κ2) is 16.7. The lowest BCUT2D eigenvalue weighted by atomic mass is 9.55. The first kappa shape index (κ1) is 37.7. The number of rotatable bonds is 15. The fraction of sp³-hybridized carbons (Fsp3) is 0.649. The van der Waals surface area contributed by atoms with Crippen LogP contribution in [-0.2, 0) is 19.0 Å². The number of fused-ring (bicyclic) bond motifs is 2. The van der Waals surface area contributed by atoms with Crippen LogP contribution in [0.25, 0.3) is 0 Å². The van der Waals surface area contributed by atoms with Crippen LogP contribution in [0.5, 0.6) is 11.5 Å². The van der Waals surface area contributed by atoms with Crippen molar-refractivity contribution in [2.75, 3.05) is 33.0 Å². The molecule has 52 heavy (non-hydrogen) atoms. The summed E-state index contributed by atoms with van der Waals surface area (Å²) in [6, 6.07) is 3.59. The molecule has 6 rings (SSSR count). The molecule has 2 aliphatic carbocycles. The van der Waals surface area contributed by atoms with Crippen molar-refractivity contribution in [3.63, 3.8) is 0 Å². The zero-order valence-corrected chi connectivity index (χ0v) is 29.8. The number of aliphatic hydroxyl groups is 3. The number of esters is 2. The maximum atomic E-state index is 13.6. The number of hydrogen-bond acceptors (Lipinski definition) is 14. The fourth-order valence-corrected chi connectivity index (χ4v) is 8.36. The second-order valence-electron chi connectivity index (χ2n) is 13.8. The van der Waals surface area contributed by atoms with Crippen LogP contribution in [0, 0.1) is 17.8 Å². The van der Waals surface area contributed by atoms with Crippen LogP contribution in [0.4, 0.5) is 0 Å². The summed E-state index contributed by atoms with van der Waals surface area (Å²) < 4.78 is 24.2. The van der Waals surface area contributed by atoms with E-state index in [0.29, 0.717) is 61.3 Å². The molecule has 0 bridgehead atoms. The Bertz CT molecular complexity index is 1640. The first-order chi connectivity index (χ1) is 25.2. The number of carbonyl (C=O) groups excluding carboxylic acids is 2. The fourth-order valence-electron chi connectivity index (χ4n) is 8.36. The summed E-state index contributed by atoms with van der Waals surface area (Å²) in [5, 5.41) is 56.3. The highest BCUT2D eigenvalue weighted by Gasteiger charge is 2.64. The van der Waals surface area contributed by atoms with E-state index in [2.05, 4.69) is 21.5 Å². The Morgan fingerprint density at radius 3 is 2.50 bits per heavy atom. The lowest BCUT2D eigenvalue weighted by Gasteiger charge is -2.56. The van der Waals surface area contributed by atoms with Gasteiger partial charge in [-0.05, 0) is 88.0 Å². The van der Waals surface area contributed by atoms with E-state index in [0.717, 1.165) is 25.7 Å². The molecule has 1 saturated heterocycles. The lowest BCUT2D eigenvalue weighted by Crippen LogP contribution is -2.62. The molecule has 15 heteroatoms. The number of benzene rings is 1. The van der Waals surface area contributed by atoms with Gasteiger partial charge >= 0.3 is 11.9 Å². The van der Waals surface area contributed by atoms with Crippen molar-refractivity contribution in [3.05, 3.63) is 46.8 Å². The number of phenolic OH excluding ortho intramolecular Hbond substituents is 1. The molecular formula is C37H50N4O11. The van der Waals surface area contributed by atoms with Crippen molar-refractivity contribution in [1.82, 2.24) is 15.0 Å². The summed E-state index contributed by atoms with van der Waals surface area (Å²) in [5.41, 5.74) is 1.23. The zero-order valence-electron chi connectivity index (χ0n) is 29.8. The third kappa shape index (κ3) is 7.41. The van der Waals surface area contributed by atoms with Crippen LogP contribution >= 0.6 is 0 Å². The minimum Gasteiger partial charge on any atom is -0.508 e. The molecular weight excluding hydrogens is 676 g/mol. The summed E-state index contributed by atoms with van der Waals surface area (Å²) in [6.07, 6.45) is 8.12. The number of nitrogens with zero attached hydrogens (tertiary/aromatic N) is 4. The van der Waals surface area contributed by atoms with Crippen LogP contribution in [0.1, 0.15) is 117 Å². The van der Waals surface area contributed by atoms with Gasteiger partial charge in [-0.2, -0.15) is 0 Å². The van der Waals surface area contributed by atoms with Gasteiger partial charge in [0, 0.05) is 37.5 Å². The third-order valence-electron chi connectivity index (χ3n) is 10.6. The van der Waals surface area contributed by atoms with Gasteiger partial charge < -0.3 is 44.2 Å². The lowest BCUT2D eigenvalue weighted by molar-refractivity contribution is -0.225. The van der Waals surface area contributed by atoms with Crippen molar-refractivity contribution >= 4 is 17.7 Å². The number of aromatic nitrogens is 3. The van der Waals surface area contributed by atoms with E-state index in [9.17, 15) is 30.0 Å². The molecule has 0 radical (unpaired) electrons. The Morgan fingerprint density at radius 1 is 1.04 bits per heavy atom. The summed E-state index contributed by atoms with van der Waals surface area (Å²) in [4.78, 5) is 32.7. The van der Waals surface area contributed by atoms with Gasteiger partial charge in [-0.15, -0.1) is 5.10 Å². The van der Waals surface area contributed by atoms with Crippen molar-refractivity contribution in [2.24, 2.45) is 22.9 Å². The van der Waals surface area contributed by atoms with Gasteiger partial charge in [0.05, 0.1) is 31.5 Å². The van der Waals surface area contributed by atoms with Crippen LogP contribution in [0.15, 0.2) is 35.0 Å². The number of allylic oxidation sites excluding steroid dienone is 1. The van der Waals surface area contributed by atoms with Crippen LogP contribution in [0.3, 0.4) is 0 Å². The maximum Gasteiger partial charge on any atom is 0.361 e. The average Bonchev–Trinajstić information content (AvgIpc) is 3.58. The average molecular weight is 727 g/mol. The van der Waals surface area contributed by atoms with E-state index < -0.39 is 41.9 Å². The molecule has 2 aromatic rings. The molecule has 0 spiro atoms. The molecule has 0 amide bonds. The Kier molecular flexibility index (Phi) is 12.1. The highest BCUT2D eigenvalue weighted by molar-refractivity contribution is 6.03. The van der Waals surface area contributed by atoms with Crippen molar-refractivity contribution in [3.8, 4) is 11.5 Å². The number of ether oxygens (including phenoxy) is 4.